The van der Waals surface area contributed by atoms with E-state index in [0.717, 1.165) is 32.2 Å². The number of rotatable bonds is 8. The monoisotopic (exact) mass is 584 g/mol. The van der Waals surface area contributed by atoms with Crippen LogP contribution in [0, 0.1) is 5.92 Å². The maximum Gasteiger partial charge on any atom is 0.260 e. The number of alkyl halides is 1. The molecular weight excluding hydrogens is 547 g/mol. The standard InChI is InChI=1S/C33H37FN6O3/c34-26-18-24-30-32(29(26)37-11-4-15-39-16-14-36-20-39)43-28-8-7-22(21-5-2-1-3-6-21)17-27(28)40(30)19-25(31(24)41)33(42)38-23-9-12-35-13-10-23/h1-3,5-6,9-10,12-14,16,19-20,22,24,26-30,32,37H,4,7-8,11,15,17-18H2,(H,35,38,42). The summed E-state index contributed by atoms with van der Waals surface area (Å²) in [6.45, 7) is 1.40. The van der Waals surface area contributed by atoms with Crippen LogP contribution in [0.5, 0.6) is 0 Å². The number of anilines is 1. The van der Waals surface area contributed by atoms with Crippen molar-refractivity contribution in [3.05, 3.63) is 90.9 Å². The Balaban J connectivity index is 1.17. The molecule has 3 aromatic rings. The average molecular weight is 585 g/mol. The molecule has 8 unspecified atom stereocenters. The number of carbonyl (C=O) groups is 2. The molecule has 43 heavy (non-hydrogen) atoms. The Bertz CT molecular complexity index is 1450. The number of aryl methyl sites for hydroxylation is 1. The number of hydrogen-bond donors (Lipinski definition) is 2. The first-order valence-electron chi connectivity index (χ1n) is 15.4. The van der Waals surface area contributed by atoms with Gasteiger partial charge in [-0.25, -0.2) is 9.37 Å². The second kappa shape index (κ2) is 12.0. The smallest absolute Gasteiger partial charge is 0.260 e. The van der Waals surface area contributed by atoms with E-state index < -0.39 is 30.1 Å². The van der Waals surface area contributed by atoms with E-state index in [9.17, 15) is 9.59 Å². The Kier molecular flexibility index (Phi) is 7.80. The highest BCUT2D eigenvalue weighted by molar-refractivity contribution is 6.24. The molecule has 1 aromatic carbocycles. The van der Waals surface area contributed by atoms with Crippen molar-refractivity contribution in [3.63, 3.8) is 0 Å². The number of nitrogens with zero attached hydrogens (tertiary/aromatic N) is 4. The van der Waals surface area contributed by atoms with Crippen LogP contribution in [-0.2, 0) is 20.9 Å². The fourth-order valence-corrected chi connectivity index (χ4v) is 7.61. The van der Waals surface area contributed by atoms with Crippen molar-refractivity contribution in [1.29, 1.82) is 0 Å². The molecule has 2 N–H and O–H groups in total. The van der Waals surface area contributed by atoms with Crippen LogP contribution in [0.4, 0.5) is 10.1 Å². The lowest BCUT2D eigenvalue weighted by Gasteiger charge is -2.59. The molecule has 3 fully saturated rings. The minimum absolute atomic E-state index is 0.0161. The lowest BCUT2D eigenvalue weighted by molar-refractivity contribution is -0.198. The maximum atomic E-state index is 16.0. The van der Waals surface area contributed by atoms with E-state index in [4.69, 9.17) is 4.74 Å². The molecule has 9 nitrogen and oxygen atoms in total. The predicted octanol–water partition coefficient (Wildman–Crippen LogP) is 3.86. The summed E-state index contributed by atoms with van der Waals surface area (Å²) in [4.78, 5) is 37.7. The van der Waals surface area contributed by atoms with Gasteiger partial charge in [-0.15, -0.1) is 0 Å². The molecule has 8 atom stereocenters. The van der Waals surface area contributed by atoms with Crippen LogP contribution in [-0.4, -0.2) is 74.2 Å². The van der Waals surface area contributed by atoms with Gasteiger partial charge in [0.1, 0.15) is 6.17 Å². The van der Waals surface area contributed by atoms with Crippen molar-refractivity contribution in [2.45, 2.75) is 81.1 Å². The summed E-state index contributed by atoms with van der Waals surface area (Å²) in [7, 11) is 0. The van der Waals surface area contributed by atoms with Crippen molar-refractivity contribution < 1.29 is 18.7 Å². The van der Waals surface area contributed by atoms with Crippen LogP contribution in [0.1, 0.15) is 43.6 Å². The first-order chi connectivity index (χ1) is 21.1. The molecule has 0 bridgehead atoms. The molecular formula is C33H37FN6O3. The Hall–Kier alpha value is -3.89. The number of ketones is 1. The molecule has 224 valence electrons. The summed E-state index contributed by atoms with van der Waals surface area (Å²) < 4.78 is 24.8. The molecule has 1 saturated heterocycles. The van der Waals surface area contributed by atoms with Gasteiger partial charge < -0.3 is 24.8 Å². The number of amides is 1. The van der Waals surface area contributed by atoms with Gasteiger partial charge in [0.2, 0.25) is 0 Å². The zero-order chi connectivity index (χ0) is 29.3. The number of morpholine rings is 1. The van der Waals surface area contributed by atoms with Crippen molar-refractivity contribution in [2.24, 2.45) is 5.92 Å². The second-order valence-electron chi connectivity index (χ2n) is 12.2. The molecule has 2 aliphatic heterocycles. The van der Waals surface area contributed by atoms with Crippen LogP contribution in [0.3, 0.4) is 0 Å². The molecule has 2 aromatic heterocycles. The summed E-state index contributed by atoms with van der Waals surface area (Å²) in [6, 6.07) is 13.0. The zero-order valence-electron chi connectivity index (χ0n) is 24.0. The molecule has 2 saturated carbocycles. The molecule has 4 aliphatic rings. The minimum atomic E-state index is -1.27. The topological polar surface area (TPSA) is 101 Å². The predicted molar refractivity (Wildman–Crippen MR) is 159 cm³/mol. The largest absolute Gasteiger partial charge is 0.369 e. The summed E-state index contributed by atoms with van der Waals surface area (Å²) in [6.07, 6.45) is 12.0. The molecule has 2 aliphatic carbocycles. The van der Waals surface area contributed by atoms with Gasteiger partial charge in [-0.3, -0.25) is 14.6 Å². The number of nitrogens with one attached hydrogen (secondary N) is 2. The Morgan fingerprint density at radius 2 is 1.88 bits per heavy atom. The van der Waals surface area contributed by atoms with E-state index in [1.54, 1.807) is 43.3 Å². The highest BCUT2D eigenvalue weighted by Gasteiger charge is 2.58. The number of fused-ring (bicyclic) bond motifs is 2. The van der Waals surface area contributed by atoms with Crippen molar-refractivity contribution >= 4 is 17.4 Å². The molecule has 10 heteroatoms. The quantitative estimate of drug-likeness (QED) is 0.306. The van der Waals surface area contributed by atoms with Crippen LogP contribution < -0.4 is 10.6 Å². The fraction of sp³-hybridized carbons (Fsp3) is 0.455. The minimum Gasteiger partial charge on any atom is -0.369 e. The molecule has 0 spiro atoms. The third-order valence-corrected chi connectivity index (χ3v) is 9.65. The lowest BCUT2D eigenvalue weighted by atomic mass is 9.68. The highest BCUT2D eigenvalue weighted by Crippen LogP contribution is 2.48. The summed E-state index contributed by atoms with van der Waals surface area (Å²) in [5.41, 5.74) is 1.93. The molecule has 0 radical (unpaired) electrons. The number of carbonyl (C=O) groups excluding carboxylic acids is 2. The van der Waals surface area contributed by atoms with E-state index in [0.29, 0.717) is 18.2 Å². The van der Waals surface area contributed by atoms with Gasteiger partial charge in [-0.2, -0.15) is 0 Å². The van der Waals surface area contributed by atoms with Gasteiger partial charge in [0.05, 0.1) is 42.2 Å². The summed E-state index contributed by atoms with van der Waals surface area (Å²) in [5, 5.41) is 6.30. The lowest BCUT2D eigenvalue weighted by Crippen LogP contribution is -2.73. The molecule has 4 heterocycles. The second-order valence-corrected chi connectivity index (χ2v) is 12.2. The normalized spacial score (nSPS) is 31.5. The highest BCUT2D eigenvalue weighted by atomic mass is 19.1. The van der Waals surface area contributed by atoms with E-state index >= 15 is 4.39 Å². The van der Waals surface area contributed by atoms with E-state index in [1.807, 2.05) is 16.8 Å². The molecule has 7 rings (SSSR count). The van der Waals surface area contributed by atoms with Crippen LogP contribution in [0.15, 0.2) is 85.4 Å². The first-order valence-corrected chi connectivity index (χ1v) is 15.4. The number of Topliss-reactive ketones (excluding diaryl/α,β-unsaturated/α-hetero) is 1. The van der Waals surface area contributed by atoms with Crippen LogP contribution >= 0.6 is 0 Å². The fourth-order valence-electron chi connectivity index (χ4n) is 7.61. The Labute approximate surface area is 250 Å². The number of hydrogen-bond acceptors (Lipinski definition) is 7. The van der Waals surface area contributed by atoms with Crippen LogP contribution in [0.2, 0.25) is 0 Å². The third kappa shape index (κ3) is 5.49. The van der Waals surface area contributed by atoms with Gasteiger partial charge in [0.25, 0.3) is 5.91 Å². The zero-order valence-corrected chi connectivity index (χ0v) is 24.0. The van der Waals surface area contributed by atoms with Crippen LogP contribution in [0.25, 0.3) is 0 Å². The van der Waals surface area contributed by atoms with Gasteiger partial charge in [0, 0.05) is 49.1 Å². The third-order valence-electron chi connectivity index (χ3n) is 9.65. The number of benzene rings is 1. The number of pyridine rings is 1. The van der Waals surface area contributed by atoms with E-state index in [1.165, 1.54) is 5.56 Å². The SMILES string of the molecule is O=C(Nc1ccncc1)C1=CN2C3CC(c4ccccc4)CCC3OC3C(NCCCn4ccnc4)C(F)CC(C1=O)C32. The number of halogens is 1. The van der Waals surface area contributed by atoms with Gasteiger partial charge in [0.15, 0.2) is 5.78 Å². The van der Waals surface area contributed by atoms with Crippen molar-refractivity contribution in [2.75, 3.05) is 11.9 Å². The number of ether oxygens (including phenoxy) is 1. The van der Waals surface area contributed by atoms with Gasteiger partial charge in [-0.05, 0) is 62.3 Å². The van der Waals surface area contributed by atoms with E-state index in [-0.39, 0.29) is 36.0 Å². The first kappa shape index (κ1) is 27.9. The van der Waals surface area contributed by atoms with Crippen molar-refractivity contribution in [3.8, 4) is 0 Å². The number of imidazole rings is 1. The Morgan fingerprint density at radius 3 is 2.67 bits per heavy atom. The van der Waals surface area contributed by atoms with Gasteiger partial charge in [-0.1, -0.05) is 30.3 Å². The number of aromatic nitrogens is 3. The average Bonchev–Trinajstić information content (AvgIpc) is 3.56. The van der Waals surface area contributed by atoms with Crippen molar-refractivity contribution in [1.82, 2.24) is 24.8 Å². The maximum absolute atomic E-state index is 16.0. The van der Waals surface area contributed by atoms with E-state index in [2.05, 4.69) is 49.8 Å². The molecule has 1 amide bonds. The summed E-state index contributed by atoms with van der Waals surface area (Å²) >= 11 is 0. The van der Waals surface area contributed by atoms with Gasteiger partial charge >= 0.3 is 0 Å². The Morgan fingerprint density at radius 1 is 1.05 bits per heavy atom. The summed E-state index contributed by atoms with van der Waals surface area (Å²) in [5.74, 6) is -1.10.